The van der Waals surface area contributed by atoms with Crippen LogP contribution in [0.4, 0.5) is 10.5 Å². The molecule has 0 aromatic heterocycles. The summed E-state index contributed by atoms with van der Waals surface area (Å²) in [7, 11) is 1.32. The third-order valence-electron chi connectivity index (χ3n) is 4.90. The maximum absolute atomic E-state index is 12.5. The van der Waals surface area contributed by atoms with Crippen LogP contribution in [0.5, 0.6) is 5.75 Å². The van der Waals surface area contributed by atoms with Crippen LogP contribution < -0.4 is 15.4 Å². The first-order chi connectivity index (χ1) is 16.1. The number of nitrogens with one attached hydrogen (secondary N) is 2. The van der Waals surface area contributed by atoms with Crippen LogP contribution in [0.1, 0.15) is 34.0 Å². The van der Waals surface area contributed by atoms with Crippen molar-refractivity contribution in [3.63, 3.8) is 0 Å². The molecule has 0 radical (unpaired) electrons. The number of thioether (sulfide) groups is 1. The van der Waals surface area contributed by atoms with Gasteiger partial charge in [-0.2, -0.15) is 11.8 Å². The Balaban J connectivity index is 1.85. The maximum Gasteiger partial charge on any atom is 0.341 e. The Morgan fingerprint density at radius 1 is 0.939 bits per heavy atom. The quantitative estimate of drug-likeness (QED) is 0.305. The van der Waals surface area contributed by atoms with Crippen LogP contribution in [0, 0.1) is 0 Å². The lowest BCUT2D eigenvalue weighted by Gasteiger charge is -2.22. The number of anilines is 1. The zero-order valence-corrected chi connectivity index (χ0v) is 19.6. The van der Waals surface area contributed by atoms with Crippen molar-refractivity contribution in [1.29, 1.82) is 0 Å². The van der Waals surface area contributed by atoms with Crippen molar-refractivity contribution in [2.75, 3.05) is 31.0 Å². The highest BCUT2D eigenvalue weighted by molar-refractivity contribution is 7.98. The number of hydrogen-bond donors (Lipinski definition) is 2. The van der Waals surface area contributed by atoms with E-state index in [1.807, 2.05) is 66.9 Å². The fourth-order valence-corrected chi connectivity index (χ4v) is 3.72. The van der Waals surface area contributed by atoms with E-state index in [4.69, 9.17) is 9.47 Å². The molecule has 0 saturated carbocycles. The molecule has 0 fully saturated rings. The molecule has 2 amide bonds. The van der Waals surface area contributed by atoms with Crippen LogP contribution in [-0.2, 0) is 4.74 Å². The standard InChI is InChI=1S/C26H28N2O4S/c1-31-25(29)22-18-21(28-26(30)27-16-9-17-33-2)14-15-23(22)32-24(19-10-5-3-6-11-19)20-12-7-4-8-13-20/h3-8,10-15,18,24H,9,16-17H2,1-2H3,(H2,27,28,30). The summed E-state index contributed by atoms with van der Waals surface area (Å²) in [5.41, 5.74) is 2.60. The Labute approximate surface area is 198 Å². The van der Waals surface area contributed by atoms with Crippen LogP contribution in [0.25, 0.3) is 0 Å². The predicted octanol–water partition coefficient (Wildman–Crippen LogP) is 5.52. The monoisotopic (exact) mass is 464 g/mol. The van der Waals surface area contributed by atoms with E-state index in [-0.39, 0.29) is 11.6 Å². The van der Waals surface area contributed by atoms with E-state index in [0.717, 1.165) is 23.3 Å². The minimum Gasteiger partial charge on any atom is -0.480 e. The Morgan fingerprint density at radius 2 is 1.58 bits per heavy atom. The number of esters is 1. The van der Waals surface area contributed by atoms with Gasteiger partial charge in [-0.25, -0.2) is 9.59 Å². The fraction of sp³-hybridized carbons (Fsp3) is 0.231. The Hall–Kier alpha value is -3.45. The van der Waals surface area contributed by atoms with Gasteiger partial charge in [-0.3, -0.25) is 0 Å². The van der Waals surface area contributed by atoms with Gasteiger partial charge in [0.1, 0.15) is 17.4 Å². The van der Waals surface area contributed by atoms with Crippen molar-refractivity contribution in [1.82, 2.24) is 5.32 Å². The molecule has 0 heterocycles. The molecule has 3 aromatic rings. The summed E-state index contributed by atoms with van der Waals surface area (Å²) in [6, 6.07) is 24.2. The smallest absolute Gasteiger partial charge is 0.341 e. The van der Waals surface area contributed by atoms with Crippen LogP contribution in [0.15, 0.2) is 78.9 Å². The normalized spacial score (nSPS) is 10.5. The van der Waals surface area contributed by atoms with Crippen molar-refractivity contribution in [3.05, 3.63) is 95.6 Å². The zero-order chi connectivity index (χ0) is 23.5. The Morgan fingerprint density at radius 3 is 2.15 bits per heavy atom. The van der Waals surface area contributed by atoms with Crippen molar-refractivity contribution < 1.29 is 19.1 Å². The topological polar surface area (TPSA) is 76.7 Å². The van der Waals surface area contributed by atoms with Crippen LogP contribution in [0.2, 0.25) is 0 Å². The van der Waals surface area contributed by atoms with Gasteiger partial charge in [-0.1, -0.05) is 60.7 Å². The molecule has 33 heavy (non-hydrogen) atoms. The van der Waals surface area contributed by atoms with E-state index in [9.17, 15) is 9.59 Å². The first-order valence-corrected chi connectivity index (χ1v) is 12.0. The Bertz CT molecular complexity index is 1010. The van der Waals surface area contributed by atoms with Crippen LogP contribution in [-0.4, -0.2) is 37.7 Å². The fourth-order valence-electron chi connectivity index (χ4n) is 3.28. The molecule has 0 saturated heterocycles. The van der Waals surface area contributed by atoms with Crippen molar-refractivity contribution in [2.24, 2.45) is 0 Å². The van der Waals surface area contributed by atoms with Crippen molar-refractivity contribution in [3.8, 4) is 5.75 Å². The average Bonchev–Trinajstić information content (AvgIpc) is 2.86. The second-order valence-corrected chi connectivity index (χ2v) is 8.23. The number of rotatable bonds is 10. The van der Waals surface area contributed by atoms with E-state index >= 15 is 0 Å². The van der Waals surface area contributed by atoms with Gasteiger partial charge in [0.2, 0.25) is 0 Å². The van der Waals surface area contributed by atoms with Crippen molar-refractivity contribution >= 4 is 29.4 Å². The molecule has 0 bridgehead atoms. The maximum atomic E-state index is 12.5. The minimum absolute atomic E-state index is 0.231. The summed E-state index contributed by atoms with van der Waals surface area (Å²) < 4.78 is 11.3. The summed E-state index contributed by atoms with van der Waals surface area (Å²) in [5, 5.41) is 5.57. The van der Waals surface area contributed by atoms with E-state index in [2.05, 4.69) is 10.6 Å². The number of carbonyl (C=O) groups excluding carboxylic acids is 2. The molecule has 172 valence electrons. The average molecular weight is 465 g/mol. The van der Waals surface area contributed by atoms with E-state index < -0.39 is 12.1 Å². The summed E-state index contributed by atoms with van der Waals surface area (Å²) in [5.74, 6) is 0.794. The van der Waals surface area contributed by atoms with E-state index in [1.165, 1.54) is 7.11 Å². The zero-order valence-electron chi connectivity index (χ0n) is 18.7. The number of methoxy groups -OCH3 is 1. The minimum atomic E-state index is -0.547. The molecule has 0 aliphatic carbocycles. The highest BCUT2D eigenvalue weighted by atomic mass is 32.2. The number of urea groups is 1. The summed E-state index contributed by atoms with van der Waals surface area (Å²) in [6.45, 7) is 0.577. The molecule has 0 spiro atoms. The first-order valence-electron chi connectivity index (χ1n) is 10.6. The first kappa shape index (κ1) is 24.2. The van der Waals surface area contributed by atoms with Gasteiger partial charge >= 0.3 is 12.0 Å². The molecular formula is C26H28N2O4S. The number of benzene rings is 3. The number of amides is 2. The molecule has 3 aromatic carbocycles. The summed E-state index contributed by atoms with van der Waals surface area (Å²) in [4.78, 5) is 24.7. The van der Waals surface area contributed by atoms with Gasteiger partial charge in [0.05, 0.1) is 7.11 Å². The van der Waals surface area contributed by atoms with Crippen LogP contribution in [0.3, 0.4) is 0 Å². The molecule has 6 nitrogen and oxygen atoms in total. The van der Waals surface area contributed by atoms with Gasteiger partial charge < -0.3 is 20.1 Å². The number of hydrogen-bond acceptors (Lipinski definition) is 5. The van der Waals surface area contributed by atoms with E-state index in [1.54, 1.807) is 30.0 Å². The lowest BCUT2D eigenvalue weighted by molar-refractivity contribution is 0.0594. The number of carbonyl (C=O) groups is 2. The third kappa shape index (κ3) is 7.02. The van der Waals surface area contributed by atoms with Crippen molar-refractivity contribution in [2.45, 2.75) is 12.5 Å². The number of ether oxygens (including phenoxy) is 2. The van der Waals surface area contributed by atoms with Gasteiger partial charge in [-0.15, -0.1) is 0 Å². The third-order valence-corrected chi connectivity index (χ3v) is 5.60. The largest absolute Gasteiger partial charge is 0.480 e. The molecule has 3 rings (SSSR count). The lowest BCUT2D eigenvalue weighted by Crippen LogP contribution is -2.29. The predicted molar refractivity (Wildman–Crippen MR) is 133 cm³/mol. The molecule has 0 aliphatic heterocycles. The molecular weight excluding hydrogens is 436 g/mol. The molecule has 2 N–H and O–H groups in total. The van der Waals surface area contributed by atoms with Gasteiger partial charge in [0, 0.05) is 12.2 Å². The second kappa shape index (κ2) is 12.6. The highest BCUT2D eigenvalue weighted by Gasteiger charge is 2.21. The van der Waals surface area contributed by atoms with Gasteiger partial charge in [0.25, 0.3) is 0 Å². The Kier molecular flexibility index (Phi) is 9.20. The summed E-state index contributed by atoms with van der Waals surface area (Å²) in [6.07, 6.45) is 2.49. The highest BCUT2D eigenvalue weighted by Crippen LogP contribution is 2.32. The van der Waals surface area contributed by atoms with Gasteiger partial charge in [-0.05, 0) is 47.8 Å². The summed E-state index contributed by atoms with van der Waals surface area (Å²) >= 11 is 1.73. The molecule has 0 atom stereocenters. The molecule has 0 unspecified atom stereocenters. The van der Waals surface area contributed by atoms with Gasteiger partial charge in [0.15, 0.2) is 0 Å². The lowest BCUT2D eigenvalue weighted by atomic mass is 10.0. The molecule has 7 heteroatoms. The molecule has 0 aliphatic rings. The second-order valence-electron chi connectivity index (χ2n) is 7.25. The van der Waals surface area contributed by atoms with Crippen LogP contribution >= 0.6 is 11.8 Å². The van der Waals surface area contributed by atoms with E-state index in [0.29, 0.717) is 18.0 Å². The SMILES string of the molecule is COC(=O)c1cc(NC(=O)NCCCSC)ccc1OC(c1ccccc1)c1ccccc1.